The van der Waals surface area contributed by atoms with Crippen LogP contribution in [-0.2, 0) is 9.53 Å². The summed E-state index contributed by atoms with van der Waals surface area (Å²) in [5.41, 5.74) is 0.537. The highest BCUT2D eigenvalue weighted by molar-refractivity contribution is 5.91. The van der Waals surface area contributed by atoms with E-state index in [1.54, 1.807) is 0 Å². The topological polar surface area (TPSA) is 55.4 Å². The fraction of sp³-hybridized carbons (Fsp3) is 0.412. The van der Waals surface area contributed by atoms with Gasteiger partial charge in [-0.2, -0.15) is 0 Å². The quantitative estimate of drug-likeness (QED) is 0.646. The maximum atomic E-state index is 13.4. The van der Waals surface area contributed by atoms with E-state index in [4.69, 9.17) is 0 Å². The number of esters is 1. The summed E-state index contributed by atoms with van der Waals surface area (Å²) in [5, 5.41) is 2.62. The Morgan fingerprint density at radius 2 is 1.91 bits per heavy atom. The second-order valence-corrected chi connectivity index (χ2v) is 5.38. The first-order chi connectivity index (χ1) is 11.1. The van der Waals surface area contributed by atoms with Crippen molar-refractivity contribution in [3.8, 4) is 0 Å². The van der Waals surface area contributed by atoms with Crippen LogP contribution >= 0.6 is 0 Å². The molecule has 0 bridgehead atoms. The first-order valence-electron chi connectivity index (χ1n) is 7.63. The first kappa shape index (κ1) is 17.1. The van der Waals surface area contributed by atoms with E-state index in [0.29, 0.717) is 6.54 Å². The summed E-state index contributed by atoms with van der Waals surface area (Å²) in [4.78, 5) is 23.2. The molecule has 1 aliphatic rings. The van der Waals surface area contributed by atoms with E-state index in [0.717, 1.165) is 37.5 Å². The molecule has 1 aromatic carbocycles. The molecule has 0 saturated carbocycles. The molecule has 1 amide bonds. The van der Waals surface area contributed by atoms with Gasteiger partial charge in [-0.05, 0) is 44.2 Å². The van der Waals surface area contributed by atoms with Crippen LogP contribution in [0.25, 0.3) is 0 Å². The molecule has 1 aliphatic carbocycles. The predicted octanol–water partition coefficient (Wildman–Crippen LogP) is 3.13. The summed E-state index contributed by atoms with van der Waals surface area (Å²) in [6, 6.07) is 3.06. The van der Waals surface area contributed by atoms with Crippen LogP contribution in [0, 0.1) is 11.6 Å². The Kier molecular flexibility index (Phi) is 6.26. The van der Waals surface area contributed by atoms with Gasteiger partial charge >= 0.3 is 5.97 Å². The molecule has 23 heavy (non-hydrogen) atoms. The third-order valence-corrected chi connectivity index (χ3v) is 3.65. The maximum Gasteiger partial charge on any atom is 0.344 e. The van der Waals surface area contributed by atoms with Crippen LogP contribution in [0.5, 0.6) is 0 Å². The van der Waals surface area contributed by atoms with Crippen molar-refractivity contribution >= 4 is 11.9 Å². The average molecular weight is 323 g/mol. The standard InChI is InChI=1S/C17H19F2NO3/c18-13-7-4-8-14(19)16(13)17(22)23-11-15(21)20-10-9-12-5-2-1-3-6-12/h4-5,7-8H,1-3,6,9-11H2,(H,20,21). The highest BCUT2D eigenvalue weighted by atomic mass is 19.1. The Labute approximate surface area is 133 Å². The second-order valence-electron chi connectivity index (χ2n) is 5.38. The predicted molar refractivity (Wildman–Crippen MR) is 80.8 cm³/mol. The van der Waals surface area contributed by atoms with Crippen molar-refractivity contribution in [1.82, 2.24) is 5.32 Å². The molecule has 0 radical (unpaired) electrons. The number of hydrogen-bond acceptors (Lipinski definition) is 3. The van der Waals surface area contributed by atoms with Crippen molar-refractivity contribution in [3.05, 3.63) is 47.0 Å². The minimum Gasteiger partial charge on any atom is -0.452 e. The summed E-state index contributed by atoms with van der Waals surface area (Å²) in [6.07, 6.45) is 7.47. The van der Waals surface area contributed by atoms with Crippen LogP contribution < -0.4 is 5.32 Å². The molecule has 2 rings (SSSR count). The van der Waals surface area contributed by atoms with Crippen LogP contribution in [0.3, 0.4) is 0 Å². The molecule has 0 heterocycles. The summed E-state index contributed by atoms with van der Waals surface area (Å²) < 4.78 is 31.4. The van der Waals surface area contributed by atoms with Crippen molar-refractivity contribution in [2.45, 2.75) is 32.1 Å². The van der Waals surface area contributed by atoms with Gasteiger partial charge in [-0.15, -0.1) is 0 Å². The van der Waals surface area contributed by atoms with Gasteiger partial charge in [0.05, 0.1) is 0 Å². The molecule has 4 nitrogen and oxygen atoms in total. The number of halogens is 2. The van der Waals surface area contributed by atoms with Crippen LogP contribution in [0.15, 0.2) is 29.8 Å². The van der Waals surface area contributed by atoms with Gasteiger partial charge in [-0.25, -0.2) is 13.6 Å². The molecule has 0 aromatic heterocycles. The van der Waals surface area contributed by atoms with E-state index >= 15 is 0 Å². The van der Waals surface area contributed by atoms with Crippen LogP contribution in [-0.4, -0.2) is 25.0 Å². The van der Waals surface area contributed by atoms with Crippen molar-refractivity contribution in [1.29, 1.82) is 0 Å². The lowest BCUT2D eigenvalue weighted by Crippen LogP contribution is -2.30. The zero-order chi connectivity index (χ0) is 16.7. The molecule has 124 valence electrons. The van der Waals surface area contributed by atoms with Crippen LogP contribution in [0.1, 0.15) is 42.5 Å². The fourth-order valence-corrected chi connectivity index (χ4v) is 2.44. The Hall–Kier alpha value is -2.24. The van der Waals surface area contributed by atoms with Gasteiger partial charge in [0.25, 0.3) is 5.91 Å². The van der Waals surface area contributed by atoms with Gasteiger partial charge in [-0.1, -0.05) is 17.7 Å². The molecule has 0 saturated heterocycles. The van der Waals surface area contributed by atoms with E-state index in [-0.39, 0.29) is 0 Å². The number of benzene rings is 1. The highest BCUT2D eigenvalue weighted by Gasteiger charge is 2.19. The fourth-order valence-electron chi connectivity index (χ4n) is 2.44. The molecule has 1 N–H and O–H groups in total. The second kappa shape index (κ2) is 8.41. The maximum absolute atomic E-state index is 13.4. The number of rotatable bonds is 6. The Morgan fingerprint density at radius 1 is 1.17 bits per heavy atom. The van der Waals surface area contributed by atoms with Gasteiger partial charge in [-0.3, -0.25) is 4.79 Å². The third-order valence-electron chi connectivity index (χ3n) is 3.65. The number of amides is 1. The number of carbonyl (C=O) groups excluding carboxylic acids is 2. The van der Waals surface area contributed by atoms with E-state index in [1.165, 1.54) is 18.4 Å². The third kappa shape index (κ3) is 5.16. The number of allylic oxidation sites excluding steroid dienone is 1. The molecule has 0 spiro atoms. The molecule has 0 atom stereocenters. The van der Waals surface area contributed by atoms with Crippen molar-refractivity contribution in [3.63, 3.8) is 0 Å². The van der Waals surface area contributed by atoms with Gasteiger partial charge in [0.15, 0.2) is 6.61 Å². The summed E-state index contributed by atoms with van der Waals surface area (Å²) in [7, 11) is 0. The molecule has 6 heteroatoms. The molecule has 1 aromatic rings. The first-order valence-corrected chi connectivity index (χ1v) is 7.63. The lowest BCUT2D eigenvalue weighted by Gasteiger charge is -2.13. The molecule has 0 aliphatic heterocycles. The van der Waals surface area contributed by atoms with Crippen LogP contribution in [0.2, 0.25) is 0 Å². The number of ether oxygens (including phenoxy) is 1. The zero-order valence-electron chi connectivity index (χ0n) is 12.7. The number of nitrogens with one attached hydrogen (secondary N) is 1. The Morgan fingerprint density at radius 3 is 2.57 bits per heavy atom. The summed E-state index contributed by atoms with van der Waals surface area (Å²) in [5.74, 6) is -3.71. The van der Waals surface area contributed by atoms with Crippen molar-refractivity contribution in [2.75, 3.05) is 13.2 Å². The SMILES string of the molecule is O=C(COC(=O)c1c(F)cccc1F)NCCC1=CCCCC1. The molecule has 0 unspecified atom stereocenters. The van der Waals surface area contributed by atoms with Gasteiger partial charge in [0, 0.05) is 6.54 Å². The lowest BCUT2D eigenvalue weighted by molar-refractivity contribution is -0.124. The minimum atomic E-state index is -1.19. The number of hydrogen-bond donors (Lipinski definition) is 1. The number of carbonyl (C=O) groups is 2. The Balaban J connectivity index is 1.73. The largest absolute Gasteiger partial charge is 0.452 e. The summed E-state index contributed by atoms with van der Waals surface area (Å²) >= 11 is 0. The van der Waals surface area contributed by atoms with E-state index in [1.807, 2.05) is 0 Å². The van der Waals surface area contributed by atoms with Crippen molar-refractivity contribution in [2.24, 2.45) is 0 Å². The van der Waals surface area contributed by atoms with Crippen LogP contribution in [0.4, 0.5) is 8.78 Å². The normalized spacial score (nSPS) is 14.1. The smallest absolute Gasteiger partial charge is 0.344 e. The molecular formula is C17H19F2NO3. The molecule has 0 fully saturated rings. The van der Waals surface area contributed by atoms with E-state index in [9.17, 15) is 18.4 Å². The van der Waals surface area contributed by atoms with Crippen molar-refractivity contribution < 1.29 is 23.1 Å². The molecular weight excluding hydrogens is 304 g/mol. The monoisotopic (exact) mass is 323 g/mol. The van der Waals surface area contributed by atoms with Gasteiger partial charge in [0.1, 0.15) is 17.2 Å². The lowest BCUT2D eigenvalue weighted by atomic mass is 9.97. The highest BCUT2D eigenvalue weighted by Crippen LogP contribution is 2.19. The average Bonchev–Trinajstić information content (AvgIpc) is 2.54. The van der Waals surface area contributed by atoms with Gasteiger partial charge < -0.3 is 10.1 Å². The van der Waals surface area contributed by atoms with Gasteiger partial charge in [0.2, 0.25) is 0 Å². The Bertz CT molecular complexity index is 594. The minimum absolute atomic E-state index is 0.455. The van der Waals surface area contributed by atoms with E-state index < -0.39 is 35.7 Å². The van der Waals surface area contributed by atoms with E-state index in [2.05, 4.69) is 16.1 Å². The summed E-state index contributed by atoms with van der Waals surface area (Å²) in [6.45, 7) is -0.109. The zero-order valence-corrected chi connectivity index (χ0v) is 12.7.